The number of anilines is 1. The Hall–Kier alpha value is -3.01. The number of carbonyl (C=O) groups excluding carboxylic acids is 2. The number of aromatic amines is 1. The molecule has 4 rings (SSSR count). The Bertz CT molecular complexity index is 1100. The van der Waals surface area contributed by atoms with Crippen molar-refractivity contribution in [2.75, 3.05) is 5.32 Å². The highest BCUT2D eigenvalue weighted by atomic mass is 32.2. The lowest BCUT2D eigenvalue weighted by atomic mass is 10.1. The van der Waals surface area contributed by atoms with Crippen LogP contribution in [0.2, 0.25) is 0 Å². The average molecular weight is 434 g/mol. The molecule has 30 heavy (non-hydrogen) atoms. The molecule has 1 aliphatic rings. The van der Waals surface area contributed by atoms with Crippen LogP contribution in [-0.2, 0) is 15.8 Å². The Morgan fingerprint density at radius 3 is 2.77 bits per heavy atom. The van der Waals surface area contributed by atoms with Gasteiger partial charge in [0.1, 0.15) is 5.82 Å². The van der Waals surface area contributed by atoms with E-state index >= 15 is 0 Å². The normalized spacial score (nSPS) is 17.3. The third-order valence-electron chi connectivity index (χ3n) is 4.69. The van der Waals surface area contributed by atoms with Gasteiger partial charge >= 0.3 is 6.18 Å². The van der Waals surface area contributed by atoms with Crippen LogP contribution in [0, 0.1) is 0 Å². The molecule has 0 saturated carbocycles. The highest BCUT2D eigenvalue weighted by Gasteiger charge is 2.34. The van der Waals surface area contributed by atoms with E-state index in [1.54, 1.807) is 6.92 Å². The molecule has 1 aromatic heterocycles. The predicted octanol–water partition coefficient (Wildman–Crippen LogP) is 4.26. The van der Waals surface area contributed by atoms with Crippen molar-refractivity contribution in [2.24, 2.45) is 0 Å². The van der Waals surface area contributed by atoms with Gasteiger partial charge in [-0.1, -0.05) is 12.1 Å². The van der Waals surface area contributed by atoms with Crippen LogP contribution in [0.15, 0.2) is 47.4 Å². The molecule has 0 spiro atoms. The Kier molecular flexibility index (Phi) is 5.19. The van der Waals surface area contributed by atoms with E-state index in [0.29, 0.717) is 10.7 Å². The quantitative estimate of drug-likeness (QED) is 0.573. The van der Waals surface area contributed by atoms with Crippen LogP contribution in [0.25, 0.3) is 11.0 Å². The first-order valence-corrected chi connectivity index (χ1v) is 10.0. The number of imidazole rings is 1. The number of fused-ring (bicyclic) bond motifs is 2. The molecule has 6 nitrogen and oxygen atoms in total. The number of halogens is 3. The number of rotatable bonds is 4. The lowest BCUT2D eigenvalue weighted by Gasteiger charge is -2.25. The Labute approximate surface area is 173 Å². The second kappa shape index (κ2) is 7.67. The number of hydrogen-bond donors (Lipinski definition) is 3. The molecule has 0 unspecified atom stereocenters. The monoisotopic (exact) mass is 434 g/mol. The highest BCUT2D eigenvalue weighted by molar-refractivity contribution is 8.01. The molecule has 156 valence electrons. The zero-order valence-corrected chi connectivity index (χ0v) is 16.5. The Morgan fingerprint density at radius 2 is 2.03 bits per heavy atom. The van der Waals surface area contributed by atoms with Crippen molar-refractivity contribution in [3.05, 3.63) is 53.9 Å². The molecule has 0 bridgehead atoms. The molecule has 0 saturated heterocycles. The van der Waals surface area contributed by atoms with Gasteiger partial charge in [-0.25, -0.2) is 4.98 Å². The molecule has 3 N–H and O–H groups in total. The summed E-state index contributed by atoms with van der Waals surface area (Å²) in [5, 5.41) is 4.54. The second-order valence-corrected chi connectivity index (χ2v) is 8.18. The van der Waals surface area contributed by atoms with E-state index in [9.17, 15) is 22.8 Å². The largest absolute Gasteiger partial charge is 0.416 e. The van der Waals surface area contributed by atoms with Crippen molar-refractivity contribution in [3.8, 4) is 0 Å². The number of H-pyrrole nitrogens is 1. The van der Waals surface area contributed by atoms with Crippen molar-refractivity contribution < 1.29 is 22.8 Å². The molecule has 2 atom stereocenters. The number of nitrogens with zero attached hydrogens (tertiary/aromatic N) is 1. The van der Waals surface area contributed by atoms with E-state index in [2.05, 4.69) is 20.6 Å². The lowest BCUT2D eigenvalue weighted by molar-refractivity contribution is -0.137. The van der Waals surface area contributed by atoms with Gasteiger partial charge in [0.15, 0.2) is 0 Å². The number of carbonyl (C=O) groups is 2. The summed E-state index contributed by atoms with van der Waals surface area (Å²) in [6.07, 6.45) is -4.60. The van der Waals surface area contributed by atoms with E-state index in [1.165, 1.54) is 6.07 Å². The lowest BCUT2D eigenvalue weighted by Crippen LogP contribution is -2.36. The summed E-state index contributed by atoms with van der Waals surface area (Å²) in [4.78, 5) is 32.8. The fourth-order valence-electron chi connectivity index (χ4n) is 3.18. The summed E-state index contributed by atoms with van der Waals surface area (Å²) in [6.45, 7) is 1.78. The Morgan fingerprint density at radius 1 is 1.27 bits per heavy atom. The summed E-state index contributed by atoms with van der Waals surface area (Å²) in [7, 11) is 0. The van der Waals surface area contributed by atoms with Gasteiger partial charge in [-0.3, -0.25) is 9.59 Å². The molecule has 10 heteroatoms. The number of amides is 2. The van der Waals surface area contributed by atoms with Gasteiger partial charge in [-0.2, -0.15) is 13.2 Å². The van der Waals surface area contributed by atoms with Gasteiger partial charge in [0, 0.05) is 11.3 Å². The van der Waals surface area contributed by atoms with Gasteiger partial charge in [0.2, 0.25) is 11.8 Å². The topological polar surface area (TPSA) is 86.9 Å². The first-order valence-electron chi connectivity index (χ1n) is 9.13. The first kappa shape index (κ1) is 20.3. The van der Waals surface area contributed by atoms with E-state index in [4.69, 9.17) is 0 Å². The van der Waals surface area contributed by atoms with Crippen LogP contribution < -0.4 is 10.6 Å². The number of thioether (sulfide) groups is 1. The molecule has 0 fully saturated rings. The van der Waals surface area contributed by atoms with Crippen molar-refractivity contribution in [1.82, 2.24) is 15.3 Å². The maximum Gasteiger partial charge on any atom is 0.416 e. The third kappa shape index (κ3) is 4.13. The number of alkyl halides is 3. The van der Waals surface area contributed by atoms with Crippen molar-refractivity contribution in [1.29, 1.82) is 0 Å². The minimum atomic E-state index is -4.49. The van der Waals surface area contributed by atoms with Crippen molar-refractivity contribution in [2.45, 2.75) is 35.7 Å². The molecule has 2 amide bonds. The molecule has 0 radical (unpaired) electrons. The number of para-hydroxylation sites is 2. The van der Waals surface area contributed by atoms with Crippen LogP contribution in [0.4, 0.5) is 18.9 Å². The zero-order chi connectivity index (χ0) is 21.5. The number of benzene rings is 2. The van der Waals surface area contributed by atoms with Gasteiger partial charge < -0.3 is 15.6 Å². The molecule has 3 aromatic rings. The molecule has 0 aliphatic carbocycles. The summed E-state index contributed by atoms with van der Waals surface area (Å²) in [6, 6.07) is 10.3. The van der Waals surface area contributed by atoms with Gasteiger partial charge in [0.05, 0.1) is 33.6 Å². The Balaban J connectivity index is 1.41. The average Bonchev–Trinajstić information content (AvgIpc) is 3.12. The fraction of sp³-hybridized carbons (Fsp3) is 0.250. The van der Waals surface area contributed by atoms with Crippen molar-refractivity contribution in [3.63, 3.8) is 0 Å². The maximum atomic E-state index is 12.9. The molecule has 2 aromatic carbocycles. The highest BCUT2D eigenvalue weighted by Crippen LogP contribution is 2.40. The van der Waals surface area contributed by atoms with Crippen LogP contribution in [0.5, 0.6) is 0 Å². The summed E-state index contributed by atoms with van der Waals surface area (Å²) < 4.78 is 38.6. The van der Waals surface area contributed by atoms with Crippen molar-refractivity contribution >= 4 is 40.3 Å². The predicted molar refractivity (Wildman–Crippen MR) is 107 cm³/mol. The SMILES string of the molecule is C[C@@H](NC(=O)C[C@@H]1Sc2ccc(C(F)(F)F)cc2NC1=O)c1nc2ccccc2[nH]1. The number of aromatic nitrogens is 2. The van der Waals surface area contributed by atoms with E-state index in [0.717, 1.165) is 34.9 Å². The summed E-state index contributed by atoms with van der Waals surface area (Å²) in [5.74, 6) is -0.264. The zero-order valence-electron chi connectivity index (χ0n) is 15.7. The molecular weight excluding hydrogens is 417 g/mol. The van der Waals surface area contributed by atoms with Crippen LogP contribution in [0.1, 0.15) is 30.8 Å². The van der Waals surface area contributed by atoms with Crippen LogP contribution in [-0.4, -0.2) is 27.0 Å². The van der Waals surface area contributed by atoms with Gasteiger partial charge in [-0.05, 0) is 37.3 Å². The standard InChI is InChI=1S/C20H17F3N4O2S/c1-10(18-25-12-4-2-3-5-13(12)26-18)24-17(28)9-16-19(29)27-14-8-11(20(21,22)23)6-7-15(14)30-16/h2-8,10,16H,9H2,1H3,(H,24,28)(H,25,26)(H,27,29)/t10-,16+/m1/s1. The number of hydrogen-bond acceptors (Lipinski definition) is 4. The van der Waals surface area contributed by atoms with Gasteiger partial charge in [0.25, 0.3) is 0 Å². The minimum absolute atomic E-state index is 0.104. The van der Waals surface area contributed by atoms with Crippen LogP contribution >= 0.6 is 11.8 Å². The summed E-state index contributed by atoms with van der Waals surface area (Å²) in [5.41, 5.74) is 0.904. The summed E-state index contributed by atoms with van der Waals surface area (Å²) >= 11 is 1.08. The van der Waals surface area contributed by atoms with E-state index in [-0.39, 0.29) is 18.0 Å². The second-order valence-electron chi connectivity index (χ2n) is 6.94. The number of nitrogens with one attached hydrogen (secondary N) is 3. The molecule has 2 heterocycles. The van der Waals surface area contributed by atoms with E-state index < -0.39 is 28.9 Å². The van der Waals surface area contributed by atoms with Crippen LogP contribution in [0.3, 0.4) is 0 Å². The third-order valence-corrected chi connectivity index (χ3v) is 5.97. The fourth-order valence-corrected chi connectivity index (χ4v) is 4.27. The maximum absolute atomic E-state index is 12.9. The molecule has 1 aliphatic heterocycles. The minimum Gasteiger partial charge on any atom is -0.346 e. The smallest absolute Gasteiger partial charge is 0.346 e. The van der Waals surface area contributed by atoms with E-state index in [1.807, 2.05) is 24.3 Å². The molecular formula is C20H17F3N4O2S. The first-order chi connectivity index (χ1) is 14.2. The van der Waals surface area contributed by atoms with Gasteiger partial charge in [-0.15, -0.1) is 11.8 Å².